The number of ether oxygens (including phenoxy) is 1. The molecule has 0 radical (unpaired) electrons. The van der Waals surface area contributed by atoms with E-state index in [-0.39, 0.29) is 23.9 Å². The first-order valence-corrected chi connectivity index (χ1v) is 10.0. The van der Waals surface area contributed by atoms with E-state index in [4.69, 9.17) is 4.74 Å². The average Bonchev–Trinajstić information content (AvgIpc) is 3.21. The number of anilines is 1. The predicted molar refractivity (Wildman–Crippen MR) is 111 cm³/mol. The lowest BCUT2D eigenvalue weighted by molar-refractivity contribution is 0.0602. The fraction of sp³-hybridized carbons (Fsp3) is 0.364. The van der Waals surface area contributed by atoms with Crippen LogP contribution >= 0.6 is 0 Å². The number of amides is 1. The first-order valence-electron chi connectivity index (χ1n) is 10.0. The molecule has 0 unspecified atom stereocenters. The first kappa shape index (κ1) is 20.0. The quantitative estimate of drug-likeness (QED) is 0.628. The summed E-state index contributed by atoms with van der Waals surface area (Å²) in [6.45, 7) is 0.232. The Labute approximate surface area is 173 Å². The van der Waals surface area contributed by atoms with E-state index in [2.05, 4.69) is 15.4 Å². The topological polar surface area (TPSA) is 106 Å². The number of carbonyl (C=O) groups is 2. The molecular weight excluding hydrogens is 384 g/mol. The van der Waals surface area contributed by atoms with Gasteiger partial charge >= 0.3 is 5.97 Å². The van der Waals surface area contributed by atoms with Crippen LogP contribution < -0.4 is 5.32 Å². The standard InChI is InChI=1S/C22H24N4O4/c1-30-22(29)17-11-19-15(10-20(17)24-21(28)18-4-2-3-9-23-18)12-26(25-19)16-7-5-14(13-27)6-8-16/h2-4,9-12,14,16,27H,5-8,13H2,1H3,(H,24,28)/t14-,16-. The lowest BCUT2D eigenvalue weighted by atomic mass is 9.87. The molecule has 1 aromatic carbocycles. The maximum Gasteiger partial charge on any atom is 0.340 e. The van der Waals surface area contributed by atoms with Crippen LogP contribution in [-0.4, -0.2) is 45.5 Å². The summed E-state index contributed by atoms with van der Waals surface area (Å²) in [5.41, 5.74) is 1.51. The Balaban J connectivity index is 1.65. The summed E-state index contributed by atoms with van der Waals surface area (Å²) in [6.07, 6.45) is 7.32. The van der Waals surface area contributed by atoms with E-state index in [0.29, 0.717) is 17.1 Å². The van der Waals surface area contributed by atoms with Gasteiger partial charge in [0.05, 0.1) is 29.9 Å². The van der Waals surface area contributed by atoms with Crippen LogP contribution in [0.25, 0.3) is 10.9 Å². The smallest absolute Gasteiger partial charge is 0.340 e. The predicted octanol–water partition coefficient (Wildman–Crippen LogP) is 3.19. The van der Waals surface area contributed by atoms with E-state index >= 15 is 0 Å². The summed E-state index contributed by atoms with van der Waals surface area (Å²) in [5.74, 6) is -0.591. The van der Waals surface area contributed by atoms with Gasteiger partial charge < -0.3 is 15.2 Å². The fourth-order valence-electron chi connectivity index (χ4n) is 3.94. The number of nitrogens with one attached hydrogen (secondary N) is 1. The number of hydrogen-bond donors (Lipinski definition) is 2. The van der Waals surface area contributed by atoms with Crippen LogP contribution in [0.15, 0.2) is 42.7 Å². The van der Waals surface area contributed by atoms with Gasteiger partial charge in [-0.15, -0.1) is 0 Å². The van der Waals surface area contributed by atoms with Crippen molar-refractivity contribution in [3.8, 4) is 0 Å². The summed E-state index contributed by atoms with van der Waals surface area (Å²) in [7, 11) is 1.30. The zero-order valence-electron chi connectivity index (χ0n) is 16.7. The Morgan fingerprint density at radius 2 is 2.03 bits per heavy atom. The number of aromatic nitrogens is 3. The Bertz CT molecular complexity index is 1060. The van der Waals surface area contributed by atoms with Crippen molar-refractivity contribution in [1.82, 2.24) is 14.8 Å². The summed E-state index contributed by atoms with van der Waals surface area (Å²) in [5, 5.41) is 17.6. The number of rotatable bonds is 5. The summed E-state index contributed by atoms with van der Waals surface area (Å²) in [4.78, 5) is 28.9. The highest BCUT2D eigenvalue weighted by atomic mass is 16.5. The second kappa shape index (κ2) is 8.62. The molecule has 1 fully saturated rings. The van der Waals surface area contributed by atoms with Crippen LogP contribution in [0.2, 0.25) is 0 Å². The maximum absolute atomic E-state index is 12.6. The van der Waals surface area contributed by atoms with Gasteiger partial charge in [0, 0.05) is 24.4 Å². The molecule has 3 aromatic rings. The van der Waals surface area contributed by atoms with E-state index in [9.17, 15) is 14.7 Å². The van der Waals surface area contributed by atoms with E-state index in [0.717, 1.165) is 31.1 Å². The third-order valence-electron chi connectivity index (χ3n) is 5.66. The average molecular weight is 408 g/mol. The Morgan fingerprint density at radius 3 is 2.70 bits per heavy atom. The molecule has 156 valence electrons. The largest absolute Gasteiger partial charge is 0.465 e. The second-order valence-electron chi connectivity index (χ2n) is 7.58. The van der Waals surface area contributed by atoms with Crippen LogP contribution in [0.5, 0.6) is 0 Å². The molecule has 0 spiro atoms. The van der Waals surface area contributed by atoms with Crippen LogP contribution in [0, 0.1) is 5.92 Å². The molecule has 1 saturated carbocycles. The number of aliphatic hydroxyl groups is 1. The van der Waals surface area contributed by atoms with Crippen molar-refractivity contribution in [2.45, 2.75) is 31.7 Å². The minimum Gasteiger partial charge on any atom is -0.465 e. The minimum atomic E-state index is -0.550. The van der Waals surface area contributed by atoms with Crippen LogP contribution in [0.4, 0.5) is 5.69 Å². The van der Waals surface area contributed by atoms with Crippen molar-refractivity contribution >= 4 is 28.5 Å². The highest BCUT2D eigenvalue weighted by molar-refractivity contribution is 6.09. The number of benzene rings is 1. The van der Waals surface area contributed by atoms with Gasteiger partial charge in [-0.25, -0.2) is 4.79 Å². The van der Waals surface area contributed by atoms with Crippen molar-refractivity contribution in [2.75, 3.05) is 19.0 Å². The van der Waals surface area contributed by atoms with Gasteiger partial charge in [0.2, 0.25) is 0 Å². The van der Waals surface area contributed by atoms with Gasteiger partial charge in [0.15, 0.2) is 0 Å². The summed E-state index contributed by atoms with van der Waals surface area (Å²) >= 11 is 0. The zero-order valence-corrected chi connectivity index (χ0v) is 16.7. The maximum atomic E-state index is 12.6. The number of aliphatic hydroxyl groups excluding tert-OH is 1. The van der Waals surface area contributed by atoms with E-state index in [1.807, 2.05) is 10.9 Å². The van der Waals surface area contributed by atoms with Crippen molar-refractivity contribution in [1.29, 1.82) is 0 Å². The van der Waals surface area contributed by atoms with Gasteiger partial charge in [-0.2, -0.15) is 5.10 Å². The van der Waals surface area contributed by atoms with Gasteiger partial charge in [-0.3, -0.25) is 14.5 Å². The van der Waals surface area contributed by atoms with E-state index < -0.39 is 11.9 Å². The monoisotopic (exact) mass is 408 g/mol. The summed E-state index contributed by atoms with van der Waals surface area (Å²) < 4.78 is 6.83. The molecule has 2 aromatic heterocycles. The number of hydrogen-bond acceptors (Lipinski definition) is 6. The number of nitrogens with zero attached hydrogens (tertiary/aromatic N) is 3. The van der Waals surface area contributed by atoms with Crippen molar-refractivity contribution in [3.63, 3.8) is 0 Å². The Morgan fingerprint density at radius 1 is 1.23 bits per heavy atom. The molecule has 0 atom stereocenters. The van der Waals surface area contributed by atoms with Crippen molar-refractivity contribution < 1.29 is 19.4 Å². The van der Waals surface area contributed by atoms with E-state index in [1.165, 1.54) is 13.3 Å². The second-order valence-corrected chi connectivity index (χ2v) is 7.58. The molecule has 1 amide bonds. The normalized spacial score (nSPS) is 18.9. The minimum absolute atomic E-state index is 0.232. The van der Waals surface area contributed by atoms with Gasteiger partial charge in [0.25, 0.3) is 5.91 Å². The number of carbonyl (C=O) groups excluding carboxylic acids is 2. The number of esters is 1. The first-order chi connectivity index (χ1) is 14.6. The highest BCUT2D eigenvalue weighted by Crippen LogP contribution is 2.33. The molecule has 1 aliphatic rings. The molecule has 0 aliphatic heterocycles. The SMILES string of the molecule is COC(=O)c1cc2nn([C@H]3CC[C@H](CO)CC3)cc2cc1NC(=O)c1ccccn1. The van der Waals surface area contributed by atoms with Gasteiger partial charge in [-0.1, -0.05) is 6.07 Å². The number of fused-ring (bicyclic) bond motifs is 1. The molecule has 4 rings (SSSR count). The molecule has 8 heteroatoms. The summed E-state index contributed by atoms with van der Waals surface area (Å²) in [6, 6.07) is 8.70. The molecule has 8 nitrogen and oxygen atoms in total. The molecule has 1 aliphatic carbocycles. The van der Waals surface area contributed by atoms with E-state index in [1.54, 1.807) is 30.3 Å². The molecule has 0 saturated heterocycles. The zero-order chi connectivity index (χ0) is 21.1. The van der Waals surface area contributed by atoms with Crippen LogP contribution in [0.1, 0.15) is 52.6 Å². The molecule has 30 heavy (non-hydrogen) atoms. The lowest BCUT2D eigenvalue weighted by Crippen LogP contribution is -2.20. The Hall–Kier alpha value is -3.26. The van der Waals surface area contributed by atoms with Gasteiger partial charge in [0.1, 0.15) is 5.69 Å². The van der Waals surface area contributed by atoms with Crippen molar-refractivity contribution in [3.05, 3.63) is 54.0 Å². The molecule has 2 heterocycles. The molecular formula is C22H24N4O4. The Kier molecular flexibility index (Phi) is 5.76. The van der Waals surface area contributed by atoms with Crippen LogP contribution in [-0.2, 0) is 4.74 Å². The van der Waals surface area contributed by atoms with Crippen LogP contribution in [0.3, 0.4) is 0 Å². The number of pyridine rings is 1. The van der Waals surface area contributed by atoms with Gasteiger partial charge in [-0.05, 0) is 55.9 Å². The number of methoxy groups -OCH3 is 1. The molecule has 2 N–H and O–H groups in total. The molecule has 0 bridgehead atoms. The third kappa shape index (κ3) is 4.04. The highest BCUT2D eigenvalue weighted by Gasteiger charge is 2.24. The third-order valence-corrected chi connectivity index (χ3v) is 5.66. The fourth-order valence-corrected chi connectivity index (χ4v) is 3.94. The lowest BCUT2D eigenvalue weighted by Gasteiger charge is -2.27. The van der Waals surface area contributed by atoms with Crippen molar-refractivity contribution in [2.24, 2.45) is 5.92 Å².